The highest BCUT2D eigenvalue weighted by molar-refractivity contribution is 9.10. The SMILES string of the molecule is Cn1ccc(-n2c(CCCl)nc3cc(Br)ccc32)n1. The van der Waals surface area contributed by atoms with E-state index in [-0.39, 0.29) is 0 Å². The highest BCUT2D eigenvalue weighted by Gasteiger charge is 2.13. The van der Waals surface area contributed by atoms with Gasteiger partial charge in [0, 0.05) is 36.1 Å². The summed E-state index contributed by atoms with van der Waals surface area (Å²) in [5.41, 5.74) is 1.99. The Labute approximate surface area is 124 Å². The number of nitrogens with zero attached hydrogens (tertiary/aromatic N) is 4. The number of aromatic nitrogens is 4. The average Bonchev–Trinajstić information content (AvgIpc) is 2.92. The molecule has 19 heavy (non-hydrogen) atoms. The van der Waals surface area contributed by atoms with Gasteiger partial charge in [-0.15, -0.1) is 11.6 Å². The maximum Gasteiger partial charge on any atom is 0.160 e. The van der Waals surface area contributed by atoms with E-state index in [1.807, 2.05) is 37.5 Å². The summed E-state index contributed by atoms with van der Waals surface area (Å²) in [6, 6.07) is 8.03. The van der Waals surface area contributed by atoms with Crippen LogP contribution in [0.2, 0.25) is 0 Å². The zero-order valence-electron chi connectivity index (χ0n) is 10.3. The Bertz CT molecular complexity index is 731. The van der Waals surface area contributed by atoms with Crippen molar-refractivity contribution in [2.45, 2.75) is 6.42 Å². The zero-order valence-corrected chi connectivity index (χ0v) is 12.7. The van der Waals surface area contributed by atoms with Crippen LogP contribution in [0.5, 0.6) is 0 Å². The third-order valence-corrected chi connectivity index (χ3v) is 3.61. The van der Waals surface area contributed by atoms with Crippen molar-refractivity contribution in [3.8, 4) is 5.82 Å². The molecule has 0 N–H and O–H groups in total. The molecule has 0 aliphatic heterocycles. The highest BCUT2D eigenvalue weighted by Crippen LogP contribution is 2.24. The fourth-order valence-electron chi connectivity index (χ4n) is 2.13. The van der Waals surface area contributed by atoms with Crippen LogP contribution in [-0.4, -0.2) is 25.2 Å². The van der Waals surface area contributed by atoms with Crippen LogP contribution in [0.3, 0.4) is 0 Å². The van der Waals surface area contributed by atoms with E-state index >= 15 is 0 Å². The number of benzene rings is 1. The van der Waals surface area contributed by atoms with Crippen molar-refractivity contribution >= 4 is 38.6 Å². The predicted molar refractivity (Wildman–Crippen MR) is 80.0 cm³/mol. The van der Waals surface area contributed by atoms with E-state index in [4.69, 9.17) is 11.6 Å². The standard InChI is InChI=1S/C13H12BrClN4/c1-18-7-5-13(17-18)19-11-3-2-9(14)8-10(11)16-12(19)4-6-15/h2-3,5,7-8H,4,6H2,1H3. The van der Waals surface area contributed by atoms with Gasteiger partial charge in [0.2, 0.25) is 0 Å². The first-order valence-electron chi connectivity index (χ1n) is 5.92. The van der Waals surface area contributed by atoms with Crippen LogP contribution in [0.15, 0.2) is 34.9 Å². The molecule has 0 bridgehead atoms. The van der Waals surface area contributed by atoms with Crippen molar-refractivity contribution in [3.05, 3.63) is 40.8 Å². The Morgan fingerprint density at radius 3 is 2.84 bits per heavy atom. The topological polar surface area (TPSA) is 35.6 Å². The Morgan fingerprint density at radius 1 is 1.32 bits per heavy atom. The van der Waals surface area contributed by atoms with Crippen LogP contribution < -0.4 is 0 Å². The normalized spacial score (nSPS) is 11.3. The lowest BCUT2D eigenvalue weighted by atomic mass is 10.3. The summed E-state index contributed by atoms with van der Waals surface area (Å²) in [5, 5.41) is 4.45. The summed E-state index contributed by atoms with van der Waals surface area (Å²) in [7, 11) is 1.90. The van der Waals surface area contributed by atoms with Gasteiger partial charge in [0.25, 0.3) is 0 Å². The van der Waals surface area contributed by atoms with Gasteiger partial charge in [-0.3, -0.25) is 9.25 Å². The van der Waals surface area contributed by atoms with E-state index in [0.717, 1.165) is 27.1 Å². The third-order valence-electron chi connectivity index (χ3n) is 2.93. The molecule has 6 heteroatoms. The maximum atomic E-state index is 5.87. The van der Waals surface area contributed by atoms with Gasteiger partial charge in [-0.25, -0.2) is 4.98 Å². The van der Waals surface area contributed by atoms with Crippen molar-refractivity contribution in [2.75, 3.05) is 5.88 Å². The molecule has 0 aliphatic carbocycles. The smallest absolute Gasteiger partial charge is 0.160 e. The van der Waals surface area contributed by atoms with Crippen molar-refractivity contribution < 1.29 is 0 Å². The summed E-state index contributed by atoms with van der Waals surface area (Å²) in [6.07, 6.45) is 2.63. The molecule has 1 aromatic carbocycles. The van der Waals surface area contributed by atoms with Crippen LogP contribution in [0.25, 0.3) is 16.9 Å². The number of rotatable bonds is 3. The largest absolute Gasteiger partial charge is 0.279 e. The Balaban J connectivity index is 2.27. The average molecular weight is 340 g/mol. The maximum absolute atomic E-state index is 5.87. The number of hydrogen-bond acceptors (Lipinski definition) is 2. The number of fused-ring (bicyclic) bond motifs is 1. The van der Waals surface area contributed by atoms with E-state index in [1.54, 1.807) is 4.68 Å². The molecule has 0 saturated heterocycles. The minimum Gasteiger partial charge on any atom is -0.279 e. The monoisotopic (exact) mass is 338 g/mol. The van der Waals surface area contributed by atoms with Gasteiger partial charge in [0.15, 0.2) is 5.82 Å². The molecule has 0 spiro atoms. The van der Waals surface area contributed by atoms with Gasteiger partial charge in [-0.05, 0) is 18.2 Å². The summed E-state index contributed by atoms with van der Waals surface area (Å²) in [5.74, 6) is 2.34. The molecule has 98 valence electrons. The molecular formula is C13H12BrClN4. The first kappa shape index (κ1) is 12.7. The molecule has 0 radical (unpaired) electrons. The van der Waals surface area contributed by atoms with Crippen molar-refractivity contribution in [1.29, 1.82) is 0 Å². The number of halogens is 2. The van der Waals surface area contributed by atoms with Gasteiger partial charge in [-0.2, -0.15) is 5.10 Å². The minimum absolute atomic E-state index is 0.539. The van der Waals surface area contributed by atoms with E-state index in [1.165, 1.54) is 0 Å². The summed E-state index contributed by atoms with van der Waals surface area (Å²) >= 11 is 9.34. The predicted octanol–water partition coefficient (Wildman–Crippen LogP) is 3.30. The van der Waals surface area contributed by atoms with Gasteiger partial charge < -0.3 is 0 Å². The molecule has 3 aromatic rings. The lowest BCUT2D eigenvalue weighted by Gasteiger charge is -2.04. The highest BCUT2D eigenvalue weighted by atomic mass is 79.9. The molecule has 2 aromatic heterocycles. The number of hydrogen-bond donors (Lipinski definition) is 0. The van der Waals surface area contributed by atoms with Gasteiger partial charge in [0.05, 0.1) is 11.0 Å². The van der Waals surface area contributed by atoms with E-state index in [0.29, 0.717) is 12.3 Å². The summed E-state index contributed by atoms with van der Waals surface area (Å²) in [4.78, 5) is 4.65. The quantitative estimate of drug-likeness (QED) is 0.686. The van der Waals surface area contributed by atoms with E-state index in [2.05, 4.69) is 30.6 Å². The second kappa shape index (κ2) is 4.98. The molecule has 0 saturated carbocycles. The van der Waals surface area contributed by atoms with E-state index in [9.17, 15) is 0 Å². The van der Waals surface area contributed by atoms with Crippen molar-refractivity contribution in [3.63, 3.8) is 0 Å². The molecule has 3 rings (SSSR count). The van der Waals surface area contributed by atoms with Crippen LogP contribution in [-0.2, 0) is 13.5 Å². The first-order chi connectivity index (χ1) is 9.19. The van der Waals surface area contributed by atoms with Crippen LogP contribution in [0, 0.1) is 0 Å². The Morgan fingerprint density at radius 2 is 2.16 bits per heavy atom. The van der Waals surface area contributed by atoms with Crippen molar-refractivity contribution in [1.82, 2.24) is 19.3 Å². The van der Waals surface area contributed by atoms with Crippen LogP contribution >= 0.6 is 27.5 Å². The lowest BCUT2D eigenvalue weighted by molar-refractivity contribution is 0.746. The molecular weight excluding hydrogens is 328 g/mol. The van der Waals surface area contributed by atoms with Crippen LogP contribution in [0.4, 0.5) is 0 Å². The number of alkyl halides is 1. The molecule has 0 amide bonds. The molecule has 0 unspecified atom stereocenters. The molecule has 2 heterocycles. The molecule has 0 aliphatic rings. The number of imidazole rings is 1. The fourth-order valence-corrected chi connectivity index (χ4v) is 2.65. The second-order valence-corrected chi connectivity index (χ2v) is 5.58. The molecule has 0 fully saturated rings. The summed E-state index contributed by atoms with van der Waals surface area (Å²) in [6.45, 7) is 0. The summed E-state index contributed by atoms with van der Waals surface area (Å²) < 4.78 is 4.86. The fraction of sp³-hybridized carbons (Fsp3) is 0.231. The molecule has 0 atom stereocenters. The Kier molecular flexibility index (Phi) is 3.33. The van der Waals surface area contributed by atoms with E-state index < -0.39 is 0 Å². The lowest BCUT2D eigenvalue weighted by Crippen LogP contribution is -2.03. The van der Waals surface area contributed by atoms with Crippen molar-refractivity contribution in [2.24, 2.45) is 7.05 Å². The van der Waals surface area contributed by atoms with Gasteiger partial charge in [0.1, 0.15) is 5.82 Å². The van der Waals surface area contributed by atoms with Crippen LogP contribution in [0.1, 0.15) is 5.82 Å². The Hall–Kier alpha value is -1.33. The zero-order chi connectivity index (χ0) is 13.4. The van der Waals surface area contributed by atoms with Gasteiger partial charge >= 0.3 is 0 Å². The molecule has 4 nitrogen and oxygen atoms in total. The first-order valence-corrected chi connectivity index (χ1v) is 7.24. The third kappa shape index (κ3) is 2.28. The second-order valence-electron chi connectivity index (χ2n) is 4.28. The van der Waals surface area contributed by atoms with Gasteiger partial charge in [-0.1, -0.05) is 15.9 Å². The minimum atomic E-state index is 0.539. The number of aryl methyl sites for hydroxylation is 2.